The number of likely N-dealkylation sites (tertiary alicyclic amines) is 1. The molecule has 0 aromatic heterocycles. The van der Waals surface area contributed by atoms with Gasteiger partial charge in [-0.3, -0.25) is 4.79 Å². The van der Waals surface area contributed by atoms with E-state index in [-0.39, 0.29) is 11.8 Å². The van der Waals surface area contributed by atoms with Crippen LogP contribution in [0.5, 0.6) is 5.75 Å². The molecule has 0 spiro atoms. The number of benzene rings is 1. The van der Waals surface area contributed by atoms with Gasteiger partial charge in [-0.05, 0) is 61.8 Å². The van der Waals surface area contributed by atoms with E-state index in [1.54, 1.807) is 24.1 Å². The molecule has 1 aliphatic carbocycles. The normalized spacial score (nSPS) is 26.2. The largest absolute Gasteiger partial charge is 0.496 e. The van der Waals surface area contributed by atoms with Gasteiger partial charge in [0.25, 0.3) is 5.91 Å². The van der Waals surface area contributed by atoms with Gasteiger partial charge in [0.15, 0.2) is 0 Å². The highest BCUT2D eigenvalue weighted by Crippen LogP contribution is 2.43. The Bertz CT molecular complexity index is 631. The lowest BCUT2D eigenvalue weighted by Gasteiger charge is -2.25. The summed E-state index contributed by atoms with van der Waals surface area (Å²) in [6.45, 7) is 4.36. The number of methoxy groups -OCH3 is 1. The van der Waals surface area contributed by atoms with E-state index in [1.807, 2.05) is 13.8 Å². The summed E-state index contributed by atoms with van der Waals surface area (Å²) >= 11 is 0. The molecule has 23 heavy (non-hydrogen) atoms. The predicted molar refractivity (Wildman–Crippen MR) is 85.8 cm³/mol. The Morgan fingerprint density at radius 2 is 1.87 bits per heavy atom. The number of carboxylic acids is 1. The van der Waals surface area contributed by atoms with Gasteiger partial charge >= 0.3 is 5.97 Å². The van der Waals surface area contributed by atoms with Crippen LogP contribution in [-0.4, -0.2) is 41.6 Å². The number of amides is 1. The van der Waals surface area contributed by atoms with Crippen molar-refractivity contribution in [3.8, 4) is 5.75 Å². The summed E-state index contributed by atoms with van der Waals surface area (Å²) in [4.78, 5) is 26.2. The standard InChI is InChI=1S/C18H23NO4/c1-10-7-13(8-11(2)16(10)23-3)17(20)19-9-12-5-4-6-14(12)15(19)18(21)22/h7-8,12,14-15H,4-6,9H2,1-3H3,(H,21,22). The van der Waals surface area contributed by atoms with Gasteiger partial charge in [0, 0.05) is 12.1 Å². The van der Waals surface area contributed by atoms with E-state index in [4.69, 9.17) is 4.74 Å². The second-order valence-electron chi connectivity index (χ2n) is 6.74. The van der Waals surface area contributed by atoms with Gasteiger partial charge < -0.3 is 14.7 Å². The van der Waals surface area contributed by atoms with Crippen molar-refractivity contribution in [2.45, 2.75) is 39.2 Å². The first-order chi connectivity index (χ1) is 10.9. The van der Waals surface area contributed by atoms with E-state index in [1.165, 1.54) is 0 Å². The second-order valence-corrected chi connectivity index (χ2v) is 6.74. The number of carbonyl (C=O) groups is 2. The van der Waals surface area contributed by atoms with Gasteiger partial charge in [-0.25, -0.2) is 4.79 Å². The Labute approximate surface area is 136 Å². The molecular formula is C18H23NO4. The number of hydrogen-bond acceptors (Lipinski definition) is 3. The topological polar surface area (TPSA) is 66.8 Å². The zero-order valence-electron chi connectivity index (χ0n) is 13.8. The number of rotatable bonds is 3. The zero-order valence-corrected chi connectivity index (χ0v) is 13.8. The summed E-state index contributed by atoms with van der Waals surface area (Å²) in [5, 5.41) is 9.60. The molecule has 3 atom stereocenters. The van der Waals surface area contributed by atoms with Crippen LogP contribution in [0.2, 0.25) is 0 Å². The van der Waals surface area contributed by atoms with Crippen molar-refractivity contribution in [1.82, 2.24) is 4.90 Å². The third-order valence-electron chi connectivity index (χ3n) is 5.32. The fourth-order valence-corrected chi connectivity index (χ4v) is 4.39. The Hall–Kier alpha value is -2.04. The lowest BCUT2D eigenvalue weighted by Crippen LogP contribution is -2.43. The number of aryl methyl sites for hydroxylation is 2. The molecule has 1 heterocycles. The summed E-state index contributed by atoms with van der Waals surface area (Å²) < 4.78 is 5.34. The number of ether oxygens (including phenoxy) is 1. The summed E-state index contributed by atoms with van der Waals surface area (Å²) in [6.07, 6.45) is 3.01. The lowest BCUT2D eigenvalue weighted by atomic mass is 9.94. The second kappa shape index (κ2) is 5.87. The average Bonchev–Trinajstić information content (AvgIpc) is 3.05. The highest BCUT2D eigenvalue weighted by atomic mass is 16.5. The molecule has 1 N–H and O–H groups in total. The SMILES string of the molecule is COc1c(C)cc(C(=O)N2CC3CCCC3C2C(=O)O)cc1C. The Kier molecular flexibility index (Phi) is 4.04. The fraction of sp³-hybridized carbons (Fsp3) is 0.556. The van der Waals surface area contributed by atoms with Crippen molar-refractivity contribution in [2.24, 2.45) is 11.8 Å². The maximum Gasteiger partial charge on any atom is 0.326 e. The number of fused-ring (bicyclic) bond motifs is 1. The third kappa shape index (κ3) is 2.58. The van der Waals surface area contributed by atoms with E-state index in [2.05, 4.69) is 0 Å². The Balaban J connectivity index is 1.92. The molecule has 3 rings (SSSR count). The van der Waals surface area contributed by atoms with Gasteiger partial charge in [-0.2, -0.15) is 0 Å². The summed E-state index contributed by atoms with van der Waals surface area (Å²) in [5.74, 6) is 0.155. The van der Waals surface area contributed by atoms with E-state index >= 15 is 0 Å². The third-order valence-corrected chi connectivity index (χ3v) is 5.32. The van der Waals surface area contributed by atoms with Crippen LogP contribution in [0.25, 0.3) is 0 Å². The summed E-state index contributed by atoms with van der Waals surface area (Å²) in [5.41, 5.74) is 2.33. The van der Waals surface area contributed by atoms with E-state index in [9.17, 15) is 14.7 Å². The molecule has 1 aliphatic heterocycles. The summed E-state index contributed by atoms with van der Waals surface area (Å²) in [7, 11) is 1.61. The Morgan fingerprint density at radius 3 is 2.43 bits per heavy atom. The van der Waals surface area contributed by atoms with Gasteiger partial charge in [0.1, 0.15) is 11.8 Å². The molecule has 1 amide bonds. The molecule has 2 fully saturated rings. The van der Waals surface area contributed by atoms with Crippen molar-refractivity contribution in [3.63, 3.8) is 0 Å². The van der Waals surface area contributed by atoms with Crippen molar-refractivity contribution >= 4 is 11.9 Å². The van der Waals surface area contributed by atoms with Crippen molar-refractivity contribution < 1.29 is 19.4 Å². The van der Waals surface area contributed by atoms with Crippen molar-refractivity contribution in [1.29, 1.82) is 0 Å². The van der Waals surface area contributed by atoms with Gasteiger partial charge in [-0.15, -0.1) is 0 Å². The minimum Gasteiger partial charge on any atom is -0.496 e. The molecule has 1 saturated carbocycles. The number of hydrogen-bond donors (Lipinski definition) is 1. The van der Waals surface area contributed by atoms with Crippen LogP contribution in [-0.2, 0) is 4.79 Å². The minimum atomic E-state index is -0.880. The molecule has 1 aromatic rings. The molecule has 3 unspecified atom stereocenters. The highest BCUT2D eigenvalue weighted by Gasteiger charge is 2.49. The van der Waals surface area contributed by atoms with Gasteiger partial charge in [0.05, 0.1) is 7.11 Å². The van der Waals surface area contributed by atoms with E-state index in [0.717, 1.165) is 36.1 Å². The quantitative estimate of drug-likeness (QED) is 0.930. The van der Waals surface area contributed by atoms with Crippen LogP contribution in [0.1, 0.15) is 40.7 Å². The number of aliphatic carboxylic acids is 1. The van der Waals surface area contributed by atoms with Crippen LogP contribution >= 0.6 is 0 Å². The predicted octanol–water partition coefficient (Wildman–Crippen LogP) is 2.64. The Morgan fingerprint density at radius 1 is 1.22 bits per heavy atom. The van der Waals surface area contributed by atoms with Crippen LogP contribution in [0, 0.1) is 25.7 Å². The first-order valence-corrected chi connectivity index (χ1v) is 8.13. The molecule has 5 heteroatoms. The zero-order chi connectivity index (χ0) is 16.7. The molecule has 1 aromatic carbocycles. The summed E-state index contributed by atoms with van der Waals surface area (Å²) in [6, 6.07) is 2.90. The molecule has 2 aliphatic rings. The smallest absolute Gasteiger partial charge is 0.326 e. The first-order valence-electron chi connectivity index (χ1n) is 8.13. The van der Waals surface area contributed by atoms with Crippen LogP contribution < -0.4 is 4.74 Å². The van der Waals surface area contributed by atoms with Crippen LogP contribution in [0.15, 0.2) is 12.1 Å². The number of nitrogens with zero attached hydrogens (tertiary/aromatic N) is 1. The molecule has 0 radical (unpaired) electrons. The maximum absolute atomic E-state index is 12.9. The van der Waals surface area contributed by atoms with Gasteiger partial charge in [-0.1, -0.05) is 6.42 Å². The molecule has 5 nitrogen and oxygen atoms in total. The van der Waals surface area contributed by atoms with Crippen molar-refractivity contribution in [3.05, 3.63) is 28.8 Å². The molecular weight excluding hydrogens is 294 g/mol. The maximum atomic E-state index is 12.9. The highest BCUT2D eigenvalue weighted by molar-refractivity contribution is 5.97. The minimum absolute atomic E-state index is 0.108. The average molecular weight is 317 g/mol. The van der Waals surface area contributed by atoms with Gasteiger partial charge in [0.2, 0.25) is 0 Å². The number of carbonyl (C=O) groups excluding carboxylic acids is 1. The fourth-order valence-electron chi connectivity index (χ4n) is 4.39. The van der Waals surface area contributed by atoms with Crippen LogP contribution in [0.4, 0.5) is 0 Å². The lowest BCUT2D eigenvalue weighted by molar-refractivity contribution is -0.142. The van der Waals surface area contributed by atoms with Crippen LogP contribution in [0.3, 0.4) is 0 Å². The van der Waals surface area contributed by atoms with E-state index < -0.39 is 12.0 Å². The molecule has 1 saturated heterocycles. The van der Waals surface area contributed by atoms with Crippen molar-refractivity contribution in [2.75, 3.05) is 13.7 Å². The van der Waals surface area contributed by atoms with E-state index in [0.29, 0.717) is 18.0 Å². The molecule has 124 valence electrons. The molecule has 0 bridgehead atoms. The number of carboxylic acid groups (broad SMARTS) is 1. The first kappa shape index (κ1) is 15.8. The monoisotopic (exact) mass is 317 g/mol.